The largest absolute Gasteiger partial charge is 0.496 e. The molecule has 3 aromatic carbocycles. The standard InChI is InChI=1S/C29H33N3O6S/c1-29(2,3)21-10-8-20(9-11-21)27(33)30-22-6-5-7-23(18-22)31-39(35,36)24-12-13-26(37-4)25(19-24)28(34)32-14-16-38-17-15-32/h5-13,18-19,31H,14-17H2,1-4H3,(H,30,33). The number of nitrogens with zero attached hydrogens (tertiary/aromatic N) is 1. The lowest BCUT2D eigenvalue weighted by Gasteiger charge is -2.27. The minimum absolute atomic E-state index is 0.0268. The molecule has 0 saturated carbocycles. The summed E-state index contributed by atoms with van der Waals surface area (Å²) in [6, 6.07) is 17.9. The highest BCUT2D eigenvalue weighted by Gasteiger charge is 2.25. The summed E-state index contributed by atoms with van der Waals surface area (Å²) >= 11 is 0. The quantitative estimate of drug-likeness (QED) is 0.446. The number of hydrogen-bond acceptors (Lipinski definition) is 6. The average Bonchev–Trinajstić information content (AvgIpc) is 2.92. The molecule has 0 aliphatic carbocycles. The van der Waals surface area contributed by atoms with Gasteiger partial charge in [-0.05, 0) is 59.5 Å². The zero-order valence-corrected chi connectivity index (χ0v) is 23.3. The number of carbonyl (C=O) groups excluding carboxylic acids is 2. The number of nitrogens with one attached hydrogen (secondary N) is 2. The maximum absolute atomic E-state index is 13.2. The summed E-state index contributed by atoms with van der Waals surface area (Å²) in [6.07, 6.45) is 0. The van der Waals surface area contributed by atoms with Gasteiger partial charge in [-0.15, -0.1) is 0 Å². The van der Waals surface area contributed by atoms with Crippen molar-refractivity contribution in [2.75, 3.05) is 43.5 Å². The summed E-state index contributed by atoms with van der Waals surface area (Å²) in [7, 11) is -2.63. The van der Waals surface area contributed by atoms with Gasteiger partial charge in [0.1, 0.15) is 5.75 Å². The van der Waals surface area contributed by atoms with E-state index in [1.807, 2.05) is 12.1 Å². The number of hydrogen-bond donors (Lipinski definition) is 2. The SMILES string of the molecule is COc1ccc(S(=O)(=O)Nc2cccc(NC(=O)c3ccc(C(C)(C)C)cc3)c2)cc1C(=O)N1CCOCC1. The number of carbonyl (C=O) groups is 2. The lowest BCUT2D eigenvalue weighted by atomic mass is 9.87. The van der Waals surface area contributed by atoms with Crippen LogP contribution in [0, 0.1) is 0 Å². The van der Waals surface area contributed by atoms with Crippen molar-refractivity contribution in [3.05, 3.63) is 83.4 Å². The third kappa shape index (κ3) is 6.76. The fourth-order valence-electron chi connectivity index (χ4n) is 4.16. The molecule has 2 N–H and O–H groups in total. The van der Waals surface area contributed by atoms with Crippen LogP contribution in [0.25, 0.3) is 0 Å². The van der Waals surface area contributed by atoms with E-state index in [2.05, 4.69) is 30.8 Å². The topological polar surface area (TPSA) is 114 Å². The Bertz CT molecular complexity index is 1460. The van der Waals surface area contributed by atoms with Crippen molar-refractivity contribution in [1.29, 1.82) is 0 Å². The van der Waals surface area contributed by atoms with E-state index >= 15 is 0 Å². The van der Waals surface area contributed by atoms with E-state index in [1.54, 1.807) is 35.2 Å². The molecule has 1 aliphatic heterocycles. The predicted molar refractivity (Wildman–Crippen MR) is 150 cm³/mol. The summed E-state index contributed by atoms with van der Waals surface area (Å²) in [5, 5.41) is 2.81. The molecule has 9 nitrogen and oxygen atoms in total. The number of sulfonamides is 1. The van der Waals surface area contributed by atoms with Crippen molar-refractivity contribution < 1.29 is 27.5 Å². The monoisotopic (exact) mass is 551 g/mol. The maximum Gasteiger partial charge on any atom is 0.261 e. The lowest BCUT2D eigenvalue weighted by molar-refractivity contribution is 0.0300. The van der Waals surface area contributed by atoms with Crippen molar-refractivity contribution in [2.45, 2.75) is 31.1 Å². The number of methoxy groups -OCH3 is 1. The van der Waals surface area contributed by atoms with Gasteiger partial charge in [0.2, 0.25) is 0 Å². The van der Waals surface area contributed by atoms with Crippen molar-refractivity contribution in [3.63, 3.8) is 0 Å². The van der Waals surface area contributed by atoms with Crippen LogP contribution in [0.2, 0.25) is 0 Å². The van der Waals surface area contributed by atoms with Gasteiger partial charge in [-0.2, -0.15) is 0 Å². The van der Waals surface area contributed by atoms with Gasteiger partial charge in [0.05, 0.1) is 36.5 Å². The summed E-state index contributed by atoms with van der Waals surface area (Å²) in [4.78, 5) is 27.4. The number of amides is 2. The second kappa shape index (κ2) is 11.5. The molecule has 0 bridgehead atoms. The predicted octanol–water partition coefficient (Wildman–Crippen LogP) is 4.52. The zero-order chi connectivity index (χ0) is 28.2. The molecule has 0 unspecified atom stereocenters. The lowest BCUT2D eigenvalue weighted by Crippen LogP contribution is -2.40. The van der Waals surface area contributed by atoms with E-state index in [1.165, 1.54) is 31.4 Å². The van der Waals surface area contributed by atoms with Gasteiger partial charge < -0.3 is 19.7 Å². The highest BCUT2D eigenvalue weighted by atomic mass is 32.2. The van der Waals surface area contributed by atoms with Crippen LogP contribution in [0.1, 0.15) is 47.1 Å². The molecular weight excluding hydrogens is 518 g/mol. The summed E-state index contributed by atoms with van der Waals surface area (Å²) < 4.78 is 39.6. The first-order valence-corrected chi connectivity index (χ1v) is 14.1. The second-order valence-electron chi connectivity index (χ2n) is 10.2. The Kier molecular flexibility index (Phi) is 8.27. The van der Waals surface area contributed by atoms with Crippen molar-refractivity contribution >= 4 is 33.2 Å². The second-order valence-corrected chi connectivity index (χ2v) is 11.9. The molecule has 206 valence electrons. The number of ether oxygens (including phenoxy) is 2. The average molecular weight is 552 g/mol. The molecule has 3 aromatic rings. The van der Waals surface area contributed by atoms with E-state index in [4.69, 9.17) is 9.47 Å². The first-order chi connectivity index (χ1) is 18.5. The van der Waals surface area contributed by atoms with E-state index < -0.39 is 10.0 Å². The minimum Gasteiger partial charge on any atom is -0.496 e. The van der Waals surface area contributed by atoms with Gasteiger partial charge in [-0.3, -0.25) is 14.3 Å². The van der Waals surface area contributed by atoms with Gasteiger partial charge in [-0.1, -0.05) is 39.0 Å². The van der Waals surface area contributed by atoms with E-state index in [0.29, 0.717) is 37.6 Å². The number of anilines is 2. The smallest absolute Gasteiger partial charge is 0.261 e. The maximum atomic E-state index is 13.2. The van der Waals surface area contributed by atoms with Crippen LogP contribution >= 0.6 is 0 Å². The molecule has 4 rings (SSSR count). The Hall–Kier alpha value is -3.89. The van der Waals surface area contributed by atoms with Gasteiger partial charge in [0.25, 0.3) is 21.8 Å². The third-order valence-electron chi connectivity index (χ3n) is 6.40. The molecule has 1 aliphatic rings. The highest BCUT2D eigenvalue weighted by Crippen LogP contribution is 2.27. The van der Waals surface area contributed by atoms with E-state index in [-0.39, 0.29) is 39.1 Å². The summed E-state index contributed by atoms with van der Waals surface area (Å²) in [5.74, 6) is -0.352. The minimum atomic E-state index is -4.05. The molecule has 10 heteroatoms. The van der Waals surface area contributed by atoms with Crippen LogP contribution in [-0.4, -0.2) is 58.5 Å². The third-order valence-corrected chi connectivity index (χ3v) is 7.77. The Morgan fingerprint density at radius 2 is 1.59 bits per heavy atom. The van der Waals surface area contributed by atoms with Gasteiger partial charge in [-0.25, -0.2) is 8.42 Å². The first-order valence-electron chi connectivity index (χ1n) is 12.6. The van der Waals surface area contributed by atoms with E-state index in [9.17, 15) is 18.0 Å². The van der Waals surface area contributed by atoms with Crippen molar-refractivity contribution in [3.8, 4) is 5.75 Å². The number of morpholine rings is 1. The first kappa shape index (κ1) is 28.1. The van der Waals surface area contributed by atoms with Gasteiger partial charge in [0, 0.05) is 24.3 Å². The zero-order valence-electron chi connectivity index (χ0n) is 22.5. The van der Waals surface area contributed by atoms with Gasteiger partial charge >= 0.3 is 0 Å². The Morgan fingerprint density at radius 1 is 0.923 bits per heavy atom. The number of rotatable bonds is 7. The normalized spacial score (nSPS) is 14.0. The van der Waals surface area contributed by atoms with Crippen LogP contribution in [0.3, 0.4) is 0 Å². The Morgan fingerprint density at radius 3 is 2.23 bits per heavy atom. The molecule has 2 amide bonds. The van der Waals surface area contributed by atoms with Crippen LogP contribution in [0.4, 0.5) is 11.4 Å². The Balaban J connectivity index is 1.51. The highest BCUT2D eigenvalue weighted by molar-refractivity contribution is 7.92. The van der Waals surface area contributed by atoms with Crippen LogP contribution < -0.4 is 14.8 Å². The molecule has 0 atom stereocenters. The Labute approximate surface area is 229 Å². The summed E-state index contributed by atoms with van der Waals surface area (Å²) in [5.41, 5.74) is 2.42. The van der Waals surface area contributed by atoms with Crippen LogP contribution in [0.15, 0.2) is 71.6 Å². The molecule has 0 spiro atoms. The van der Waals surface area contributed by atoms with Gasteiger partial charge in [0.15, 0.2) is 0 Å². The molecule has 1 heterocycles. The van der Waals surface area contributed by atoms with Crippen LogP contribution in [0.5, 0.6) is 5.75 Å². The molecule has 0 aromatic heterocycles. The fraction of sp³-hybridized carbons (Fsp3) is 0.310. The molecule has 1 fully saturated rings. The van der Waals surface area contributed by atoms with E-state index in [0.717, 1.165) is 5.56 Å². The number of benzene rings is 3. The van der Waals surface area contributed by atoms with Crippen LogP contribution in [-0.2, 0) is 20.2 Å². The fourth-order valence-corrected chi connectivity index (χ4v) is 5.23. The summed E-state index contributed by atoms with van der Waals surface area (Å²) in [6.45, 7) is 7.97. The molecular formula is C29H33N3O6S. The van der Waals surface area contributed by atoms with Crippen molar-refractivity contribution in [1.82, 2.24) is 4.90 Å². The molecule has 39 heavy (non-hydrogen) atoms. The molecule has 0 radical (unpaired) electrons. The van der Waals surface area contributed by atoms with Crippen molar-refractivity contribution in [2.24, 2.45) is 0 Å². The molecule has 1 saturated heterocycles.